The normalized spacial score (nSPS) is 11.9. The summed E-state index contributed by atoms with van der Waals surface area (Å²) in [6.45, 7) is 3.43. The predicted octanol–water partition coefficient (Wildman–Crippen LogP) is 2.07. The van der Waals surface area contributed by atoms with Crippen molar-refractivity contribution in [1.29, 1.82) is 0 Å². The van der Waals surface area contributed by atoms with Gasteiger partial charge in [-0.05, 0) is 43.7 Å². The van der Waals surface area contributed by atoms with Crippen LogP contribution in [0.2, 0.25) is 0 Å². The minimum atomic E-state index is -2.85. The zero-order valence-electron chi connectivity index (χ0n) is 11.9. The maximum absolute atomic E-state index is 11.0. The summed E-state index contributed by atoms with van der Waals surface area (Å²) < 4.78 is 22.0. The van der Waals surface area contributed by atoms with Crippen LogP contribution >= 0.6 is 0 Å². The highest BCUT2D eigenvalue weighted by atomic mass is 32.2. The van der Waals surface area contributed by atoms with Gasteiger partial charge in [-0.3, -0.25) is 4.98 Å². The molecule has 0 radical (unpaired) electrons. The van der Waals surface area contributed by atoms with Gasteiger partial charge in [0.25, 0.3) is 0 Å². The van der Waals surface area contributed by atoms with Gasteiger partial charge in [-0.2, -0.15) is 0 Å². The van der Waals surface area contributed by atoms with E-state index in [4.69, 9.17) is 0 Å². The number of benzene rings is 1. The van der Waals surface area contributed by atoms with E-state index in [0.717, 1.165) is 23.1 Å². The van der Waals surface area contributed by atoms with Gasteiger partial charge in [0.15, 0.2) is 0 Å². The van der Waals surface area contributed by atoms with Gasteiger partial charge in [0.1, 0.15) is 9.84 Å². The number of rotatable bonds is 6. The van der Waals surface area contributed by atoms with Crippen molar-refractivity contribution in [2.24, 2.45) is 0 Å². The molecule has 0 atom stereocenters. The van der Waals surface area contributed by atoms with Gasteiger partial charge in [0.2, 0.25) is 0 Å². The van der Waals surface area contributed by atoms with Gasteiger partial charge in [0.05, 0.1) is 11.3 Å². The van der Waals surface area contributed by atoms with E-state index in [1.54, 1.807) is 0 Å². The van der Waals surface area contributed by atoms with E-state index in [9.17, 15) is 8.42 Å². The molecule has 0 fully saturated rings. The van der Waals surface area contributed by atoms with Crippen LogP contribution in [0.15, 0.2) is 30.3 Å². The van der Waals surface area contributed by atoms with E-state index < -0.39 is 9.84 Å². The highest BCUT2D eigenvalue weighted by Crippen LogP contribution is 2.14. The molecule has 0 amide bonds. The number of hydrogen-bond donors (Lipinski definition) is 1. The summed E-state index contributed by atoms with van der Waals surface area (Å²) in [5.41, 5.74) is 3.21. The Kier molecular flexibility index (Phi) is 4.73. The Balaban J connectivity index is 1.89. The molecule has 2 rings (SSSR count). The number of hydrogen-bond acceptors (Lipinski definition) is 4. The molecule has 4 nitrogen and oxygen atoms in total. The number of pyridine rings is 1. The van der Waals surface area contributed by atoms with Crippen LogP contribution in [0.4, 0.5) is 0 Å². The summed E-state index contributed by atoms with van der Waals surface area (Å²) in [6.07, 6.45) is 1.92. The molecule has 0 bridgehead atoms. The van der Waals surface area contributed by atoms with Crippen molar-refractivity contribution in [1.82, 2.24) is 10.3 Å². The molecule has 0 saturated carbocycles. The number of aryl methyl sites for hydroxylation is 1. The predicted molar refractivity (Wildman–Crippen MR) is 82.5 cm³/mol. The minimum absolute atomic E-state index is 0.237. The minimum Gasteiger partial charge on any atom is -0.313 e. The number of nitrogens with zero attached hydrogens (tertiary/aromatic N) is 1. The van der Waals surface area contributed by atoms with Crippen LogP contribution < -0.4 is 5.32 Å². The van der Waals surface area contributed by atoms with Crippen molar-refractivity contribution >= 4 is 20.7 Å². The molecule has 0 aliphatic heterocycles. The first-order valence-electron chi connectivity index (χ1n) is 6.69. The maximum Gasteiger partial charge on any atom is 0.147 e. The molecule has 1 heterocycles. The quantitative estimate of drug-likeness (QED) is 0.828. The number of sulfone groups is 1. The van der Waals surface area contributed by atoms with Crippen LogP contribution in [0.5, 0.6) is 0 Å². The van der Waals surface area contributed by atoms with Crippen LogP contribution in [0.3, 0.4) is 0 Å². The fourth-order valence-corrected chi connectivity index (χ4v) is 2.75. The van der Waals surface area contributed by atoms with Crippen molar-refractivity contribution in [2.75, 3.05) is 18.6 Å². The average Bonchev–Trinajstić information content (AvgIpc) is 2.37. The molecule has 1 N–H and O–H groups in total. The lowest BCUT2D eigenvalue weighted by Crippen LogP contribution is -2.17. The van der Waals surface area contributed by atoms with Gasteiger partial charge in [-0.1, -0.05) is 12.1 Å². The van der Waals surface area contributed by atoms with Crippen LogP contribution in [0.25, 0.3) is 10.9 Å². The Morgan fingerprint density at radius 2 is 2.00 bits per heavy atom. The Bertz CT molecular complexity index is 696. The summed E-state index contributed by atoms with van der Waals surface area (Å²) in [5, 5.41) is 4.40. The zero-order chi connectivity index (χ0) is 14.6. The Hall–Kier alpha value is -1.46. The molecule has 5 heteroatoms. The van der Waals surface area contributed by atoms with Gasteiger partial charge >= 0.3 is 0 Å². The van der Waals surface area contributed by atoms with Crippen LogP contribution in [0.1, 0.15) is 17.7 Å². The van der Waals surface area contributed by atoms with Gasteiger partial charge < -0.3 is 5.32 Å². The van der Waals surface area contributed by atoms with E-state index in [1.165, 1.54) is 11.8 Å². The van der Waals surface area contributed by atoms with E-state index >= 15 is 0 Å². The second-order valence-electron chi connectivity index (χ2n) is 5.14. The van der Waals surface area contributed by atoms with Gasteiger partial charge in [-0.25, -0.2) is 8.42 Å². The standard InChI is InChI=1S/C15H20N2O2S/c1-12-4-6-14-10-13(5-7-15(14)17-12)11-16-8-3-9-20(2,18)19/h4-7,10,16H,3,8-9,11H2,1-2H3. The third kappa shape index (κ3) is 4.58. The number of aromatic nitrogens is 1. The summed E-state index contributed by atoms with van der Waals surface area (Å²) in [6, 6.07) is 10.3. The Morgan fingerprint density at radius 3 is 2.75 bits per heavy atom. The Morgan fingerprint density at radius 1 is 1.20 bits per heavy atom. The Labute approximate surface area is 120 Å². The molecular formula is C15H20N2O2S. The summed E-state index contributed by atoms with van der Waals surface area (Å²) in [7, 11) is -2.85. The lowest BCUT2D eigenvalue weighted by molar-refractivity contribution is 0.594. The molecule has 2 aromatic rings. The highest BCUT2D eigenvalue weighted by molar-refractivity contribution is 7.90. The summed E-state index contributed by atoms with van der Waals surface area (Å²) in [5.74, 6) is 0.237. The van der Waals surface area contributed by atoms with Crippen molar-refractivity contribution < 1.29 is 8.42 Å². The van der Waals surface area contributed by atoms with Crippen LogP contribution in [-0.4, -0.2) is 32.0 Å². The first-order valence-corrected chi connectivity index (χ1v) is 8.75. The largest absolute Gasteiger partial charge is 0.313 e. The zero-order valence-corrected chi connectivity index (χ0v) is 12.7. The summed E-state index contributed by atoms with van der Waals surface area (Å²) in [4.78, 5) is 4.47. The lowest BCUT2D eigenvalue weighted by atomic mass is 10.1. The van der Waals surface area contributed by atoms with E-state index in [2.05, 4.69) is 28.5 Å². The molecule has 1 aromatic heterocycles. The lowest BCUT2D eigenvalue weighted by Gasteiger charge is -2.06. The molecule has 108 valence electrons. The molecule has 0 aliphatic carbocycles. The van der Waals surface area contributed by atoms with E-state index in [1.807, 2.05) is 19.1 Å². The molecular weight excluding hydrogens is 272 g/mol. The fraction of sp³-hybridized carbons (Fsp3) is 0.400. The molecule has 0 aliphatic rings. The maximum atomic E-state index is 11.0. The summed E-state index contributed by atoms with van der Waals surface area (Å²) >= 11 is 0. The first kappa shape index (κ1) is 14.9. The average molecular weight is 292 g/mol. The van der Waals surface area contributed by atoms with Gasteiger partial charge in [-0.15, -0.1) is 0 Å². The van der Waals surface area contributed by atoms with Crippen molar-refractivity contribution in [2.45, 2.75) is 19.9 Å². The van der Waals surface area contributed by atoms with E-state index in [-0.39, 0.29) is 5.75 Å². The molecule has 1 aromatic carbocycles. The molecule has 20 heavy (non-hydrogen) atoms. The number of fused-ring (bicyclic) bond motifs is 1. The third-order valence-corrected chi connectivity index (χ3v) is 4.12. The monoisotopic (exact) mass is 292 g/mol. The van der Waals surface area contributed by atoms with Crippen LogP contribution in [-0.2, 0) is 16.4 Å². The van der Waals surface area contributed by atoms with Crippen molar-refractivity contribution in [3.8, 4) is 0 Å². The molecule has 0 spiro atoms. The molecule has 0 unspecified atom stereocenters. The third-order valence-electron chi connectivity index (χ3n) is 3.09. The second kappa shape index (κ2) is 6.33. The topological polar surface area (TPSA) is 59.1 Å². The van der Waals surface area contributed by atoms with Gasteiger partial charge in [0, 0.05) is 23.9 Å². The van der Waals surface area contributed by atoms with Crippen molar-refractivity contribution in [3.63, 3.8) is 0 Å². The van der Waals surface area contributed by atoms with E-state index in [0.29, 0.717) is 13.0 Å². The highest BCUT2D eigenvalue weighted by Gasteiger charge is 2.01. The SMILES string of the molecule is Cc1ccc2cc(CNCCCS(C)(=O)=O)ccc2n1. The smallest absolute Gasteiger partial charge is 0.147 e. The second-order valence-corrected chi connectivity index (χ2v) is 7.40. The molecule has 0 saturated heterocycles. The fourth-order valence-electron chi connectivity index (χ4n) is 2.08. The number of nitrogens with one attached hydrogen (secondary N) is 1. The van der Waals surface area contributed by atoms with Crippen LogP contribution in [0, 0.1) is 6.92 Å². The van der Waals surface area contributed by atoms with Crippen molar-refractivity contribution in [3.05, 3.63) is 41.6 Å². The first-order chi connectivity index (χ1) is 9.44.